The number of hydrogen-bond acceptors (Lipinski definition) is 3. The molecule has 2 aromatic carbocycles. The van der Waals surface area contributed by atoms with E-state index in [1.165, 1.54) is 12.1 Å². The smallest absolute Gasteiger partial charge is 0.335 e. The maximum atomic E-state index is 14.6. The lowest BCUT2D eigenvalue weighted by molar-refractivity contribution is 0.0696. The molecule has 1 aliphatic heterocycles. The van der Waals surface area contributed by atoms with E-state index >= 15 is 0 Å². The first-order chi connectivity index (χ1) is 14.2. The molecule has 1 heterocycles. The zero-order chi connectivity index (χ0) is 21.9. The molecule has 2 aromatic rings. The average molecular weight is 413 g/mol. The van der Waals surface area contributed by atoms with Crippen LogP contribution in [0.5, 0.6) is 0 Å². The standard InChI is InChI=1S/C23H28FN3O3/c1-23(2,3)18-6-8-19(9-7-18)27(22(30)26-12-10-25-11-13-26)15-17-5-4-16(21(28)29)14-20(17)24/h4-9,14,25H,10-13,15H2,1-3H3,(H,28,29). The summed E-state index contributed by atoms with van der Waals surface area (Å²) in [5.74, 6) is -1.83. The van der Waals surface area contributed by atoms with E-state index in [2.05, 4.69) is 26.1 Å². The summed E-state index contributed by atoms with van der Waals surface area (Å²) in [4.78, 5) is 27.7. The van der Waals surface area contributed by atoms with Gasteiger partial charge in [0.15, 0.2) is 0 Å². The molecule has 0 unspecified atom stereocenters. The summed E-state index contributed by atoms with van der Waals surface area (Å²) in [6.45, 7) is 8.95. The van der Waals surface area contributed by atoms with Crippen LogP contribution < -0.4 is 10.2 Å². The number of urea groups is 1. The van der Waals surface area contributed by atoms with E-state index in [1.807, 2.05) is 24.3 Å². The van der Waals surface area contributed by atoms with E-state index in [4.69, 9.17) is 5.11 Å². The number of aromatic carboxylic acids is 1. The molecule has 2 N–H and O–H groups in total. The highest BCUT2D eigenvalue weighted by Gasteiger charge is 2.25. The quantitative estimate of drug-likeness (QED) is 0.799. The normalized spacial score (nSPS) is 14.5. The van der Waals surface area contributed by atoms with Gasteiger partial charge in [0.05, 0.1) is 12.1 Å². The van der Waals surface area contributed by atoms with E-state index in [-0.39, 0.29) is 29.1 Å². The van der Waals surface area contributed by atoms with Gasteiger partial charge in [-0.3, -0.25) is 4.90 Å². The van der Waals surface area contributed by atoms with Crippen molar-refractivity contribution in [3.05, 3.63) is 65.0 Å². The lowest BCUT2D eigenvalue weighted by Gasteiger charge is -2.34. The number of halogens is 1. The summed E-state index contributed by atoms with van der Waals surface area (Å²) >= 11 is 0. The molecule has 1 saturated heterocycles. The summed E-state index contributed by atoms with van der Waals surface area (Å²) in [6, 6.07) is 11.3. The van der Waals surface area contributed by atoms with Crippen LogP contribution in [0.2, 0.25) is 0 Å². The van der Waals surface area contributed by atoms with Gasteiger partial charge in [0.1, 0.15) is 5.82 Å². The van der Waals surface area contributed by atoms with Crippen LogP contribution in [0, 0.1) is 5.82 Å². The Morgan fingerprint density at radius 2 is 1.73 bits per heavy atom. The molecule has 30 heavy (non-hydrogen) atoms. The predicted octanol–water partition coefficient (Wildman–Crippen LogP) is 3.85. The van der Waals surface area contributed by atoms with E-state index in [0.717, 1.165) is 11.6 Å². The number of anilines is 1. The van der Waals surface area contributed by atoms with E-state index in [1.54, 1.807) is 9.80 Å². The Kier molecular flexibility index (Phi) is 6.41. The van der Waals surface area contributed by atoms with Gasteiger partial charge in [-0.05, 0) is 35.2 Å². The minimum atomic E-state index is -1.19. The number of carboxylic acids is 1. The third-order valence-electron chi connectivity index (χ3n) is 5.29. The zero-order valence-corrected chi connectivity index (χ0v) is 17.6. The number of nitrogens with zero attached hydrogens (tertiary/aromatic N) is 2. The molecule has 0 radical (unpaired) electrons. The Bertz CT molecular complexity index is 916. The number of benzene rings is 2. The van der Waals surface area contributed by atoms with Crippen molar-refractivity contribution in [3.63, 3.8) is 0 Å². The van der Waals surface area contributed by atoms with Crippen LogP contribution in [0.4, 0.5) is 14.9 Å². The molecule has 0 aliphatic carbocycles. The first-order valence-corrected chi connectivity index (χ1v) is 10.1. The molecular weight excluding hydrogens is 385 g/mol. The van der Waals surface area contributed by atoms with Crippen LogP contribution in [0.3, 0.4) is 0 Å². The topological polar surface area (TPSA) is 72.9 Å². The molecule has 2 amide bonds. The van der Waals surface area contributed by atoms with Crippen LogP contribution in [-0.4, -0.2) is 48.2 Å². The predicted molar refractivity (Wildman–Crippen MR) is 115 cm³/mol. The molecule has 0 bridgehead atoms. The first kappa shape index (κ1) is 21.8. The van der Waals surface area contributed by atoms with Gasteiger partial charge in [-0.2, -0.15) is 0 Å². The number of rotatable bonds is 4. The number of carboxylic acid groups (broad SMARTS) is 1. The Morgan fingerprint density at radius 1 is 1.10 bits per heavy atom. The highest BCUT2D eigenvalue weighted by atomic mass is 19.1. The second-order valence-electron chi connectivity index (χ2n) is 8.51. The lowest BCUT2D eigenvalue weighted by Crippen LogP contribution is -2.51. The third kappa shape index (κ3) is 4.97. The Labute approximate surface area is 176 Å². The molecule has 6 nitrogen and oxygen atoms in total. The second kappa shape index (κ2) is 8.83. The van der Waals surface area contributed by atoms with Crippen molar-refractivity contribution < 1.29 is 19.1 Å². The molecule has 0 saturated carbocycles. The maximum absolute atomic E-state index is 14.6. The van der Waals surface area contributed by atoms with Crippen LogP contribution >= 0.6 is 0 Å². The van der Waals surface area contributed by atoms with Crippen LogP contribution in [0.15, 0.2) is 42.5 Å². The monoisotopic (exact) mass is 413 g/mol. The van der Waals surface area contributed by atoms with Gasteiger partial charge in [-0.15, -0.1) is 0 Å². The number of amides is 2. The van der Waals surface area contributed by atoms with Crippen molar-refractivity contribution in [1.29, 1.82) is 0 Å². The number of nitrogens with one attached hydrogen (secondary N) is 1. The fourth-order valence-corrected chi connectivity index (χ4v) is 3.42. The van der Waals surface area contributed by atoms with Gasteiger partial charge < -0.3 is 15.3 Å². The van der Waals surface area contributed by atoms with Crippen molar-refractivity contribution in [2.75, 3.05) is 31.1 Å². The summed E-state index contributed by atoms with van der Waals surface area (Å²) in [6.07, 6.45) is 0. The molecule has 0 aromatic heterocycles. The van der Waals surface area contributed by atoms with Gasteiger partial charge in [-0.25, -0.2) is 14.0 Å². The first-order valence-electron chi connectivity index (χ1n) is 10.1. The van der Waals surface area contributed by atoms with Gasteiger partial charge in [0, 0.05) is 37.4 Å². The van der Waals surface area contributed by atoms with Crippen molar-refractivity contribution in [3.8, 4) is 0 Å². The van der Waals surface area contributed by atoms with Gasteiger partial charge in [-0.1, -0.05) is 39.0 Å². The highest BCUT2D eigenvalue weighted by Crippen LogP contribution is 2.27. The molecular formula is C23H28FN3O3. The summed E-state index contributed by atoms with van der Waals surface area (Å²) < 4.78 is 14.6. The minimum Gasteiger partial charge on any atom is -0.478 e. The Balaban J connectivity index is 1.93. The van der Waals surface area contributed by atoms with Crippen molar-refractivity contribution in [2.45, 2.75) is 32.7 Å². The van der Waals surface area contributed by atoms with E-state index in [9.17, 15) is 14.0 Å². The summed E-state index contributed by atoms with van der Waals surface area (Å²) in [5.41, 5.74) is 1.94. The molecule has 3 rings (SSSR count). The molecule has 7 heteroatoms. The molecule has 0 spiro atoms. The third-order valence-corrected chi connectivity index (χ3v) is 5.29. The van der Waals surface area contributed by atoms with Gasteiger partial charge in [0.25, 0.3) is 0 Å². The van der Waals surface area contributed by atoms with Crippen LogP contribution in [0.1, 0.15) is 42.3 Å². The van der Waals surface area contributed by atoms with Crippen molar-refractivity contribution in [2.24, 2.45) is 0 Å². The van der Waals surface area contributed by atoms with Gasteiger partial charge >= 0.3 is 12.0 Å². The lowest BCUT2D eigenvalue weighted by atomic mass is 9.87. The highest BCUT2D eigenvalue weighted by molar-refractivity contribution is 5.92. The summed E-state index contributed by atoms with van der Waals surface area (Å²) in [5, 5.41) is 12.3. The number of carbonyl (C=O) groups excluding carboxylic acids is 1. The SMILES string of the molecule is CC(C)(C)c1ccc(N(Cc2ccc(C(=O)O)cc2F)C(=O)N2CCNCC2)cc1. The minimum absolute atomic E-state index is 0.0172. The fraction of sp³-hybridized carbons (Fsp3) is 0.391. The van der Waals surface area contributed by atoms with Crippen molar-refractivity contribution in [1.82, 2.24) is 10.2 Å². The maximum Gasteiger partial charge on any atom is 0.335 e. The Hall–Kier alpha value is -2.93. The molecule has 0 atom stereocenters. The number of carbonyl (C=O) groups is 2. The van der Waals surface area contributed by atoms with E-state index < -0.39 is 11.8 Å². The van der Waals surface area contributed by atoms with Gasteiger partial charge in [0.2, 0.25) is 0 Å². The average Bonchev–Trinajstić information content (AvgIpc) is 2.72. The van der Waals surface area contributed by atoms with E-state index in [0.29, 0.717) is 31.9 Å². The number of piperazine rings is 1. The molecule has 1 aliphatic rings. The zero-order valence-electron chi connectivity index (χ0n) is 17.6. The largest absolute Gasteiger partial charge is 0.478 e. The van der Waals surface area contributed by atoms with Crippen LogP contribution in [0.25, 0.3) is 0 Å². The second-order valence-corrected chi connectivity index (χ2v) is 8.51. The fourth-order valence-electron chi connectivity index (χ4n) is 3.42. The summed E-state index contributed by atoms with van der Waals surface area (Å²) in [7, 11) is 0. The number of hydrogen-bond donors (Lipinski definition) is 2. The molecule has 1 fully saturated rings. The Morgan fingerprint density at radius 3 is 2.27 bits per heavy atom. The van der Waals surface area contributed by atoms with Crippen LogP contribution in [-0.2, 0) is 12.0 Å². The van der Waals surface area contributed by atoms with Crippen molar-refractivity contribution >= 4 is 17.7 Å². The molecule has 160 valence electrons.